The molecule has 0 bridgehead atoms. The highest BCUT2D eigenvalue weighted by molar-refractivity contribution is 6.02. The molecule has 0 unspecified atom stereocenters. The molecule has 0 atom stereocenters. The number of amides is 1. The lowest BCUT2D eigenvalue weighted by atomic mass is 10.3. The quantitative estimate of drug-likeness (QED) is 0.761. The molecule has 0 spiro atoms. The van der Waals surface area contributed by atoms with E-state index in [1.807, 2.05) is 6.92 Å². The van der Waals surface area contributed by atoms with E-state index in [1.165, 1.54) is 0 Å². The minimum atomic E-state index is -1.16. The Balaban J connectivity index is 2.57. The number of aliphatic carboxylic acids is 1. The lowest BCUT2D eigenvalue weighted by Crippen LogP contribution is -2.08. The van der Waals surface area contributed by atoms with Crippen LogP contribution in [0.3, 0.4) is 0 Å². The first-order valence-corrected chi connectivity index (χ1v) is 5.06. The Labute approximate surface area is 98.7 Å². The summed E-state index contributed by atoms with van der Waals surface area (Å²) in [6, 6.07) is 6.80. The van der Waals surface area contributed by atoms with Crippen LogP contribution in [0.25, 0.3) is 0 Å². The molecule has 0 aliphatic carbocycles. The zero-order valence-corrected chi connectivity index (χ0v) is 9.34. The molecule has 0 aromatic heterocycles. The van der Waals surface area contributed by atoms with Gasteiger partial charge < -0.3 is 15.2 Å². The van der Waals surface area contributed by atoms with Gasteiger partial charge in [0.25, 0.3) is 0 Å². The van der Waals surface area contributed by atoms with Crippen molar-refractivity contribution >= 4 is 17.6 Å². The van der Waals surface area contributed by atoms with Crippen LogP contribution in [0, 0.1) is 0 Å². The molecule has 0 radical (unpaired) electrons. The lowest BCUT2D eigenvalue weighted by Gasteiger charge is -2.05. The maximum absolute atomic E-state index is 11.2. The number of anilines is 1. The summed E-state index contributed by atoms with van der Waals surface area (Å²) >= 11 is 0. The van der Waals surface area contributed by atoms with Crippen molar-refractivity contribution in [2.45, 2.75) is 6.92 Å². The van der Waals surface area contributed by atoms with Gasteiger partial charge in [0.05, 0.1) is 6.61 Å². The Hall–Kier alpha value is -2.30. The molecule has 0 aliphatic rings. The lowest BCUT2D eigenvalue weighted by molar-refractivity contribution is -0.131. The molecule has 0 aliphatic heterocycles. The topological polar surface area (TPSA) is 75.6 Å². The molecule has 0 heterocycles. The number of hydrogen-bond donors (Lipinski definition) is 2. The Morgan fingerprint density at radius 1 is 1.29 bits per heavy atom. The third-order valence-corrected chi connectivity index (χ3v) is 1.81. The van der Waals surface area contributed by atoms with Crippen molar-refractivity contribution in [3.8, 4) is 5.75 Å². The van der Waals surface area contributed by atoms with Crippen molar-refractivity contribution in [2.24, 2.45) is 0 Å². The van der Waals surface area contributed by atoms with E-state index in [4.69, 9.17) is 9.84 Å². The van der Waals surface area contributed by atoms with Crippen LogP contribution in [0.2, 0.25) is 0 Å². The van der Waals surface area contributed by atoms with Crippen molar-refractivity contribution in [2.75, 3.05) is 11.9 Å². The van der Waals surface area contributed by atoms with Crippen molar-refractivity contribution < 1.29 is 19.4 Å². The normalized spacial score (nSPS) is 10.2. The smallest absolute Gasteiger partial charge is 0.328 e. The number of carboxylic acids is 1. The van der Waals surface area contributed by atoms with Crippen molar-refractivity contribution in [1.82, 2.24) is 0 Å². The molecule has 0 fully saturated rings. The Kier molecular flexibility index (Phi) is 4.75. The number of rotatable bonds is 5. The second kappa shape index (κ2) is 6.32. The Morgan fingerprint density at radius 2 is 1.94 bits per heavy atom. The van der Waals surface area contributed by atoms with Gasteiger partial charge in [-0.15, -0.1) is 0 Å². The van der Waals surface area contributed by atoms with E-state index < -0.39 is 11.9 Å². The molecule has 5 nitrogen and oxygen atoms in total. The molecule has 1 aromatic rings. The van der Waals surface area contributed by atoms with Gasteiger partial charge in [0.1, 0.15) is 5.75 Å². The van der Waals surface area contributed by atoms with Crippen LogP contribution in [0.5, 0.6) is 5.75 Å². The number of hydrogen-bond acceptors (Lipinski definition) is 3. The van der Waals surface area contributed by atoms with E-state index in [-0.39, 0.29) is 0 Å². The summed E-state index contributed by atoms with van der Waals surface area (Å²) in [4.78, 5) is 21.4. The van der Waals surface area contributed by atoms with E-state index >= 15 is 0 Å². The summed E-state index contributed by atoms with van der Waals surface area (Å²) in [5.74, 6) is -0.935. The highest BCUT2D eigenvalue weighted by Crippen LogP contribution is 2.15. The molecule has 1 amide bonds. The van der Waals surface area contributed by atoms with Gasteiger partial charge in [0.2, 0.25) is 5.91 Å². The van der Waals surface area contributed by atoms with Crippen LogP contribution >= 0.6 is 0 Å². The fourth-order valence-corrected chi connectivity index (χ4v) is 1.13. The standard InChI is InChI=1S/C12H13NO4/c1-2-17-10-5-3-9(4-6-10)13-11(14)7-8-12(15)16/h3-8H,2H2,1H3,(H,13,14)(H,15,16)/b8-7+. The van der Waals surface area contributed by atoms with Crippen LogP contribution in [0.4, 0.5) is 5.69 Å². The number of carbonyl (C=O) groups excluding carboxylic acids is 1. The zero-order valence-electron chi connectivity index (χ0n) is 9.34. The number of carboxylic acid groups (broad SMARTS) is 1. The zero-order chi connectivity index (χ0) is 12.7. The predicted molar refractivity (Wildman–Crippen MR) is 63.0 cm³/mol. The number of ether oxygens (including phenoxy) is 1. The van der Waals surface area contributed by atoms with Gasteiger partial charge in [0.15, 0.2) is 0 Å². The first-order valence-electron chi connectivity index (χ1n) is 5.06. The van der Waals surface area contributed by atoms with E-state index in [0.717, 1.165) is 12.2 Å². The second-order valence-corrected chi connectivity index (χ2v) is 3.12. The van der Waals surface area contributed by atoms with E-state index in [0.29, 0.717) is 18.0 Å². The van der Waals surface area contributed by atoms with Crippen molar-refractivity contribution in [1.29, 1.82) is 0 Å². The van der Waals surface area contributed by atoms with Gasteiger partial charge in [-0.3, -0.25) is 4.79 Å². The fraction of sp³-hybridized carbons (Fsp3) is 0.167. The average molecular weight is 235 g/mol. The van der Waals surface area contributed by atoms with Crippen LogP contribution < -0.4 is 10.1 Å². The van der Waals surface area contributed by atoms with Crippen LogP contribution in [0.15, 0.2) is 36.4 Å². The SMILES string of the molecule is CCOc1ccc(NC(=O)/C=C/C(=O)O)cc1. The molecule has 0 saturated heterocycles. The van der Waals surface area contributed by atoms with E-state index in [1.54, 1.807) is 24.3 Å². The maximum atomic E-state index is 11.2. The van der Waals surface area contributed by atoms with Gasteiger partial charge in [-0.25, -0.2) is 4.79 Å². The first-order chi connectivity index (χ1) is 8.11. The van der Waals surface area contributed by atoms with Crippen LogP contribution in [-0.2, 0) is 9.59 Å². The number of carbonyl (C=O) groups is 2. The molecular weight excluding hydrogens is 222 g/mol. The maximum Gasteiger partial charge on any atom is 0.328 e. The van der Waals surface area contributed by atoms with E-state index in [2.05, 4.69) is 5.32 Å². The molecule has 1 rings (SSSR count). The van der Waals surface area contributed by atoms with Gasteiger partial charge in [0, 0.05) is 17.8 Å². The summed E-state index contributed by atoms with van der Waals surface area (Å²) in [7, 11) is 0. The van der Waals surface area contributed by atoms with E-state index in [9.17, 15) is 9.59 Å². The minimum absolute atomic E-state index is 0.489. The van der Waals surface area contributed by atoms with Crippen molar-refractivity contribution in [3.05, 3.63) is 36.4 Å². The van der Waals surface area contributed by atoms with Gasteiger partial charge in [-0.1, -0.05) is 0 Å². The third kappa shape index (κ3) is 4.83. The molecule has 1 aromatic carbocycles. The van der Waals surface area contributed by atoms with Crippen LogP contribution in [-0.4, -0.2) is 23.6 Å². The van der Waals surface area contributed by atoms with Gasteiger partial charge in [-0.2, -0.15) is 0 Å². The highest BCUT2D eigenvalue weighted by atomic mass is 16.5. The summed E-state index contributed by atoms with van der Waals surface area (Å²) in [5, 5.41) is 10.9. The first kappa shape index (κ1) is 12.8. The molecule has 5 heteroatoms. The summed E-state index contributed by atoms with van der Waals surface area (Å²) in [6.07, 6.45) is 1.74. The molecule has 2 N–H and O–H groups in total. The number of nitrogens with one attached hydrogen (secondary N) is 1. The third-order valence-electron chi connectivity index (χ3n) is 1.81. The summed E-state index contributed by atoms with van der Waals surface area (Å²) in [5.41, 5.74) is 0.577. The number of benzene rings is 1. The predicted octanol–water partition coefficient (Wildman–Crippen LogP) is 1.66. The summed E-state index contributed by atoms with van der Waals surface area (Å²) in [6.45, 7) is 2.46. The van der Waals surface area contributed by atoms with Crippen molar-refractivity contribution in [3.63, 3.8) is 0 Å². The molecular formula is C12H13NO4. The largest absolute Gasteiger partial charge is 0.494 e. The Morgan fingerprint density at radius 3 is 2.47 bits per heavy atom. The molecule has 0 saturated carbocycles. The second-order valence-electron chi connectivity index (χ2n) is 3.12. The highest BCUT2D eigenvalue weighted by Gasteiger charge is 1.99. The summed E-state index contributed by atoms with van der Waals surface area (Å²) < 4.78 is 5.24. The van der Waals surface area contributed by atoms with Gasteiger partial charge in [-0.05, 0) is 31.2 Å². The molecule has 17 heavy (non-hydrogen) atoms. The average Bonchev–Trinajstić information content (AvgIpc) is 2.29. The van der Waals surface area contributed by atoms with Gasteiger partial charge >= 0.3 is 5.97 Å². The molecule has 90 valence electrons. The Bertz CT molecular complexity index is 423. The van der Waals surface area contributed by atoms with Crippen LogP contribution in [0.1, 0.15) is 6.92 Å². The fourth-order valence-electron chi connectivity index (χ4n) is 1.13. The minimum Gasteiger partial charge on any atom is -0.494 e. The monoisotopic (exact) mass is 235 g/mol.